The number of hydrogen-bond donors (Lipinski definition) is 2. The van der Waals surface area contributed by atoms with Crippen molar-refractivity contribution in [3.8, 4) is 5.75 Å². The highest BCUT2D eigenvalue weighted by atomic mass is 32.1. The highest BCUT2D eigenvalue weighted by Gasteiger charge is 2.24. The number of aryl methyl sites for hydroxylation is 1. The maximum Gasteiger partial charge on any atom is 0.223 e. The van der Waals surface area contributed by atoms with E-state index in [0.29, 0.717) is 11.6 Å². The van der Waals surface area contributed by atoms with E-state index in [9.17, 15) is 9.59 Å². The monoisotopic (exact) mass is 412 g/mol. The van der Waals surface area contributed by atoms with Crippen LogP contribution in [0.4, 0.5) is 0 Å². The number of carbonyl (C=O) groups is 2. The number of methoxy groups -OCH3 is 1. The summed E-state index contributed by atoms with van der Waals surface area (Å²) in [5.74, 6) is 1.04. The van der Waals surface area contributed by atoms with Crippen molar-refractivity contribution in [1.82, 2.24) is 20.2 Å². The Kier molecular flexibility index (Phi) is 6.66. The van der Waals surface area contributed by atoms with Crippen molar-refractivity contribution in [2.24, 2.45) is 7.05 Å². The van der Waals surface area contributed by atoms with E-state index < -0.39 is 6.04 Å². The zero-order valence-electron chi connectivity index (χ0n) is 16.6. The van der Waals surface area contributed by atoms with Crippen LogP contribution in [-0.2, 0) is 16.6 Å². The molecule has 152 valence electrons. The van der Waals surface area contributed by atoms with Gasteiger partial charge in [0.2, 0.25) is 11.8 Å². The number of rotatable bonds is 8. The molecule has 7 nitrogen and oxygen atoms in total. The van der Waals surface area contributed by atoms with E-state index in [2.05, 4.69) is 15.6 Å². The predicted molar refractivity (Wildman–Crippen MR) is 112 cm³/mol. The molecule has 0 saturated heterocycles. The number of aromatic nitrogens is 2. The van der Waals surface area contributed by atoms with Gasteiger partial charge in [-0.25, -0.2) is 4.98 Å². The second kappa shape index (κ2) is 9.38. The van der Waals surface area contributed by atoms with Crippen LogP contribution in [0.15, 0.2) is 54.2 Å². The molecule has 2 atom stereocenters. The Bertz CT molecular complexity index is 968. The van der Waals surface area contributed by atoms with Gasteiger partial charge in [0.25, 0.3) is 0 Å². The van der Waals surface area contributed by atoms with E-state index in [0.717, 1.165) is 10.4 Å². The van der Waals surface area contributed by atoms with E-state index in [1.807, 2.05) is 59.6 Å². The van der Waals surface area contributed by atoms with E-state index in [1.54, 1.807) is 13.3 Å². The number of nitrogens with one attached hydrogen (secondary N) is 2. The second-order valence-electron chi connectivity index (χ2n) is 6.65. The number of hydrogen-bond acceptors (Lipinski definition) is 5. The predicted octanol–water partition coefficient (Wildman–Crippen LogP) is 2.96. The molecule has 1 aromatic carbocycles. The van der Waals surface area contributed by atoms with Crippen LogP contribution >= 0.6 is 11.3 Å². The average molecular weight is 413 g/mol. The summed E-state index contributed by atoms with van der Waals surface area (Å²) in [5, 5.41) is 7.86. The Morgan fingerprint density at radius 2 is 2.07 bits per heavy atom. The van der Waals surface area contributed by atoms with Crippen molar-refractivity contribution in [2.45, 2.75) is 25.4 Å². The zero-order valence-corrected chi connectivity index (χ0v) is 17.4. The van der Waals surface area contributed by atoms with Crippen LogP contribution < -0.4 is 15.4 Å². The van der Waals surface area contributed by atoms with Crippen molar-refractivity contribution >= 4 is 23.2 Å². The van der Waals surface area contributed by atoms with Crippen LogP contribution in [0, 0.1) is 0 Å². The molecular weight excluding hydrogens is 388 g/mol. The average Bonchev–Trinajstić information content (AvgIpc) is 3.37. The number of thiophene rings is 1. The van der Waals surface area contributed by atoms with Crippen molar-refractivity contribution in [3.05, 3.63) is 70.4 Å². The molecule has 0 radical (unpaired) electrons. The fraction of sp³-hybridized carbons (Fsp3) is 0.286. The van der Waals surface area contributed by atoms with Gasteiger partial charge in [0, 0.05) is 31.2 Å². The van der Waals surface area contributed by atoms with Gasteiger partial charge in [-0.05, 0) is 29.1 Å². The molecule has 3 rings (SSSR count). The summed E-state index contributed by atoms with van der Waals surface area (Å²) in [5.41, 5.74) is 0.860. The Hall–Kier alpha value is -3.13. The van der Waals surface area contributed by atoms with Gasteiger partial charge < -0.3 is 19.9 Å². The first-order chi connectivity index (χ1) is 14.0. The fourth-order valence-electron chi connectivity index (χ4n) is 3.14. The molecule has 0 aliphatic rings. The van der Waals surface area contributed by atoms with Crippen molar-refractivity contribution < 1.29 is 14.3 Å². The Balaban J connectivity index is 1.84. The molecule has 2 unspecified atom stereocenters. The molecule has 0 saturated carbocycles. The minimum atomic E-state index is -0.445. The third-order valence-corrected chi connectivity index (χ3v) is 5.49. The van der Waals surface area contributed by atoms with Gasteiger partial charge in [-0.1, -0.05) is 18.2 Å². The van der Waals surface area contributed by atoms with Crippen molar-refractivity contribution in [3.63, 3.8) is 0 Å². The number of ether oxygens (including phenoxy) is 1. The maximum absolute atomic E-state index is 12.9. The molecule has 0 aliphatic carbocycles. The highest BCUT2D eigenvalue weighted by Crippen LogP contribution is 2.26. The summed E-state index contributed by atoms with van der Waals surface area (Å²) in [6.45, 7) is 1.45. The van der Waals surface area contributed by atoms with Crippen LogP contribution in [0.25, 0.3) is 0 Å². The first-order valence-electron chi connectivity index (χ1n) is 9.19. The van der Waals surface area contributed by atoms with Crippen LogP contribution in [0.3, 0.4) is 0 Å². The first-order valence-corrected chi connectivity index (χ1v) is 10.1. The van der Waals surface area contributed by atoms with E-state index in [1.165, 1.54) is 18.3 Å². The minimum absolute atomic E-state index is 0.130. The molecule has 0 spiro atoms. The van der Waals surface area contributed by atoms with Crippen molar-refractivity contribution in [1.29, 1.82) is 0 Å². The topological polar surface area (TPSA) is 85.2 Å². The van der Waals surface area contributed by atoms with E-state index >= 15 is 0 Å². The molecule has 3 aromatic rings. The van der Waals surface area contributed by atoms with E-state index in [4.69, 9.17) is 4.74 Å². The lowest BCUT2D eigenvalue weighted by atomic mass is 10.0. The SMILES string of the molecule is COc1cccc(C(NC(=O)CC(NC(C)=O)c2cccs2)c2nccn2C)c1. The van der Waals surface area contributed by atoms with E-state index in [-0.39, 0.29) is 24.3 Å². The van der Waals surface area contributed by atoms with Crippen LogP contribution in [0.1, 0.15) is 41.7 Å². The fourth-order valence-corrected chi connectivity index (χ4v) is 3.91. The molecule has 29 heavy (non-hydrogen) atoms. The van der Waals surface area contributed by atoms with Crippen molar-refractivity contribution in [2.75, 3.05) is 7.11 Å². The third-order valence-electron chi connectivity index (χ3n) is 4.50. The summed E-state index contributed by atoms with van der Waals surface area (Å²) in [6.07, 6.45) is 3.66. The van der Waals surface area contributed by atoms with Crippen LogP contribution in [-0.4, -0.2) is 28.5 Å². The normalized spacial score (nSPS) is 12.8. The largest absolute Gasteiger partial charge is 0.497 e. The summed E-state index contributed by atoms with van der Waals surface area (Å²) in [6, 6.07) is 10.5. The summed E-state index contributed by atoms with van der Waals surface area (Å²) >= 11 is 1.51. The van der Waals surface area contributed by atoms with Gasteiger partial charge in [0.05, 0.1) is 19.6 Å². The van der Waals surface area contributed by atoms with Gasteiger partial charge in [0.15, 0.2) is 0 Å². The lowest BCUT2D eigenvalue weighted by Gasteiger charge is -2.22. The number of benzene rings is 1. The molecule has 2 aromatic heterocycles. The molecule has 0 bridgehead atoms. The number of nitrogens with zero attached hydrogens (tertiary/aromatic N) is 2. The standard InChI is InChI=1S/C21H24N4O3S/c1-14(26)23-17(18-8-5-11-29-18)13-19(27)24-20(21-22-9-10-25(21)2)15-6-4-7-16(12-15)28-3/h4-12,17,20H,13H2,1-3H3,(H,23,26)(H,24,27). The number of carbonyl (C=O) groups excluding carboxylic acids is 2. The number of amides is 2. The third kappa shape index (κ3) is 5.23. The molecular formula is C21H24N4O3S. The minimum Gasteiger partial charge on any atom is -0.497 e. The lowest BCUT2D eigenvalue weighted by Crippen LogP contribution is -2.35. The quantitative estimate of drug-likeness (QED) is 0.596. The summed E-state index contributed by atoms with van der Waals surface area (Å²) in [7, 11) is 3.49. The Morgan fingerprint density at radius 3 is 2.69 bits per heavy atom. The molecule has 2 N–H and O–H groups in total. The summed E-state index contributed by atoms with van der Waals surface area (Å²) < 4.78 is 7.20. The number of imidazole rings is 1. The lowest BCUT2D eigenvalue weighted by molar-refractivity contribution is -0.123. The first kappa shape index (κ1) is 20.6. The molecule has 0 aliphatic heterocycles. The van der Waals surface area contributed by atoms with Gasteiger partial charge in [-0.2, -0.15) is 0 Å². The molecule has 8 heteroatoms. The smallest absolute Gasteiger partial charge is 0.223 e. The Morgan fingerprint density at radius 1 is 1.24 bits per heavy atom. The molecule has 0 fully saturated rings. The van der Waals surface area contributed by atoms with Crippen LogP contribution in [0.5, 0.6) is 5.75 Å². The molecule has 2 amide bonds. The maximum atomic E-state index is 12.9. The van der Waals surface area contributed by atoms with Gasteiger partial charge in [-0.3, -0.25) is 9.59 Å². The summed E-state index contributed by atoms with van der Waals surface area (Å²) in [4.78, 5) is 29.9. The second-order valence-corrected chi connectivity index (χ2v) is 7.63. The van der Waals surface area contributed by atoms with Gasteiger partial charge >= 0.3 is 0 Å². The van der Waals surface area contributed by atoms with Gasteiger partial charge in [-0.15, -0.1) is 11.3 Å². The van der Waals surface area contributed by atoms with Crippen LogP contribution in [0.2, 0.25) is 0 Å². The highest BCUT2D eigenvalue weighted by molar-refractivity contribution is 7.10. The zero-order chi connectivity index (χ0) is 20.8. The molecule has 2 heterocycles. The Labute approximate surface area is 173 Å². The van der Waals surface area contributed by atoms with Gasteiger partial charge in [0.1, 0.15) is 17.6 Å².